The third-order valence-electron chi connectivity index (χ3n) is 5.07. The second-order valence-corrected chi connectivity index (χ2v) is 8.33. The van der Waals surface area contributed by atoms with Crippen molar-refractivity contribution < 1.29 is 13.6 Å². The number of anilines is 1. The Balaban J connectivity index is 1.57. The van der Waals surface area contributed by atoms with Gasteiger partial charge < -0.3 is 9.72 Å². The van der Waals surface area contributed by atoms with E-state index >= 15 is 0 Å². The predicted octanol–water partition coefficient (Wildman–Crippen LogP) is 4.22. The Hall–Kier alpha value is -2.72. The molecule has 2 unspecified atom stereocenters. The van der Waals surface area contributed by atoms with Crippen LogP contribution in [0.1, 0.15) is 12.0 Å². The predicted molar refractivity (Wildman–Crippen MR) is 112 cm³/mol. The second kappa shape index (κ2) is 7.21. The summed E-state index contributed by atoms with van der Waals surface area (Å²) in [6.45, 7) is 0. The van der Waals surface area contributed by atoms with Crippen molar-refractivity contribution in [1.82, 2.24) is 24.6 Å². The van der Waals surface area contributed by atoms with E-state index in [4.69, 9.17) is 11.6 Å². The summed E-state index contributed by atoms with van der Waals surface area (Å²) < 4.78 is 29.7. The summed E-state index contributed by atoms with van der Waals surface area (Å²) in [6.07, 6.45) is 7.36. The standard InChI is InChI=1S/C19H15ClF2N6OS/c1-30-7-10-17(22)16(20)15(9-3-24-27-18(9)10)12-5-28-6-13(25-14(28)4-23-12)26-19(29)8-2-11(8)21/h3-6,8,11H,2,7H2,1H3,(H,24,27)(H,26,29). The van der Waals surface area contributed by atoms with Gasteiger partial charge in [0.2, 0.25) is 5.91 Å². The Morgan fingerprint density at radius 3 is 2.97 bits per heavy atom. The van der Waals surface area contributed by atoms with Crippen LogP contribution in [0, 0.1) is 11.7 Å². The summed E-state index contributed by atoms with van der Waals surface area (Å²) >= 11 is 7.88. The molecule has 2 N–H and O–H groups in total. The van der Waals surface area contributed by atoms with Crippen LogP contribution in [0.15, 0.2) is 24.8 Å². The number of rotatable bonds is 5. The number of H-pyrrole nitrogens is 1. The Morgan fingerprint density at radius 2 is 2.23 bits per heavy atom. The number of fused-ring (bicyclic) bond motifs is 2. The van der Waals surface area contributed by atoms with Gasteiger partial charge in [0.05, 0.1) is 40.7 Å². The van der Waals surface area contributed by atoms with Crippen LogP contribution in [-0.2, 0) is 10.5 Å². The highest BCUT2D eigenvalue weighted by Crippen LogP contribution is 2.39. The first-order chi connectivity index (χ1) is 14.5. The van der Waals surface area contributed by atoms with Crippen molar-refractivity contribution in [3.05, 3.63) is 41.2 Å². The SMILES string of the molecule is CSCc1c(F)c(Cl)c(-c2cn3cc(NC(=O)C4CC4F)nc3cn2)c2cn[nH]c12. The molecule has 0 aliphatic heterocycles. The number of halogens is 3. The molecule has 1 aliphatic rings. The molecule has 1 amide bonds. The number of hydrogen-bond acceptors (Lipinski definition) is 5. The number of amides is 1. The van der Waals surface area contributed by atoms with E-state index < -0.39 is 23.8 Å². The van der Waals surface area contributed by atoms with E-state index in [2.05, 4.69) is 25.5 Å². The number of thioether (sulfide) groups is 1. The monoisotopic (exact) mass is 448 g/mol. The number of carbonyl (C=O) groups is 1. The maximum atomic E-state index is 15.0. The zero-order chi connectivity index (χ0) is 21.0. The first kappa shape index (κ1) is 19.3. The lowest BCUT2D eigenvalue weighted by Crippen LogP contribution is -2.15. The fourth-order valence-electron chi connectivity index (χ4n) is 3.45. The van der Waals surface area contributed by atoms with Crippen molar-refractivity contribution in [2.75, 3.05) is 11.6 Å². The average Bonchev–Trinajstić information content (AvgIpc) is 3.11. The normalized spacial score (nSPS) is 18.3. The van der Waals surface area contributed by atoms with E-state index in [0.29, 0.717) is 44.9 Å². The minimum atomic E-state index is -1.08. The lowest BCUT2D eigenvalue weighted by atomic mass is 10.0. The van der Waals surface area contributed by atoms with Gasteiger partial charge in [0.15, 0.2) is 11.5 Å². The quantitative estimate of drug-likeness (QED) is 0.477. The number of alkyl halides is 1. The molecule has 0 spiro atoms. The highest BCUT2D eigenvalue weighted by atomic mass is 35.5. The number of aromatic nitrogens is 5. The molecular formula is C19H15ClF2N6OS. The summed E-state index contributed by atoms with van der Waals surface area (Å²) in [7, 11) is 0. The molecule has 0 saturated heterocycles. The van der Waals surface area contributed by atoms with Crippen LogP contribution in [0.3, 0.4) is 0 Å². The first-order valence-electron chi connectivity index (χ1n) is 9.09. The smallest absolute Gasteiger partial charge is 0.231 e. The number of imidazole rings is 1. The van der Waals surface area contributed by atoms with Gasteiger partial charge in [-0.05, 0) is 12.7 Å². The van der Waals surface area contributed by atoms with Crippen molar-refractivity contribution >= 4 is 51.6 Å². The molecule has 4 aromatic rings. The molecule has 3 aromatic heterocycles. The molecule has 1 aromatic carbocycles. The topological polar surface area (TPSA) is 88.0 Å². The summed E-state index contributed by atoms with van der Waals surface area (Å²) in [5.74, 6) is -0.779. The number of aromatic amines is 1. The van der Waals surface area contributed by atoms with E-state index in [0.717, 1.165) is 0 Å². The molecule has 7 nitrogen and oxygen atoms in total. The van der Waals surface area contributed by atoms with E-state index in [1.807, 2.05) is 6.26 Å². The zero-order valence-corrected chi connectivity index (χ0v) is 17.2. The molecule has 1 fully saturated rings. The zero-order valence-electron chi connectivity index (χ0n) is 15.6. The van der Waals surface area contributed by atoms with Crippen molar-refractivity contribution in [3.63, 3.8) is 0 Å². The lowest BCUT2D eigenvalue weighted by molar-refractivity contribution is -0.117. The first-order valence-corrected chi connectivity index (χ1v) is 10.9. The number of nitrogens with one attached hydrogen (secondary N) is 2. The van der Waals surface area contributed by atoms with Gasteiger partial charge in [0, 0.05) is 28.5 Å². The van der Waals surface area contributed by atoms with Crippen LogP contribution in [-0.4, -0.2) is 42.9 Å². The van der Waals surface area contributed by atoms with Gasteiger partial charge >= 0.3 is 0 Å². The van der Waals surface area contributed by atoms with Crippen LogP contribution in [0.5, 0.6) is 0 Å². The molecule has 2 atom stereocenters. The lowest BCUT2D eigenvalue weighted by Gasteiger charge is -2.11. The van der Waals surface area contributed by atoms with Crippen LogP contribution in [0.25, 0.3) is 27.8 Å². The minimum absolute atomic E-state index is 0.0313. The van der Waals surface area contributed by atoms with E-state index in [9.17, 15) is 13.6 Å². The van der Waals surface area contributed by atoms with Gasteiger partial charge in [-0.3, -0.25) is 14.9 Å². The van der Waals surface area contributed by atoms with E-state index in [1.54, 1.807) is 23.0 Å². The van der Waals surface area contributed by atoms with Gasteiger partial charge in [0.1, 0.15) is 12.0 Å². The van der Waals surface area contributed by atoms with Crippen molar-refractivity contribution in [2.45, 2.75) is 18.3 Å². The summed E-state index contributed by atoms with van der Waals surface area (Å²) in [5, 5.41) is 10.1. The van der Waals surface area contributed by atoms with Crippen LogP contribution < -0.4 is 5.32 Å². The molecular weight excluding hydrogens is 434 g/mol. The third kappa shape index (κ3) is 3.10. The molecule has 154 valence electrons. The highest BCUT2D eigenvalue weighted by molar-refractivity contribution is 7.97. The van der Waals surface area contributed by atoms with Gasteiger partial charge in [-0.2, -0.15) is 16.9 Å². The van der Waals surface area contributed by atoms with Crippen molar-refractivity contribution in [1.29, 1.82) is 0 Å². The number of benzene rings is 1. The summed E-state index contributed by atoms with van der Waals surface area (Å²) in [6, 6.07) is 0. The fourth-order valence-corrected chi connectivity index (χ4v) is 4.32. The molecule has 3 heterocycles. The minimum Gasteiger partial charge on any atom is -0.309 e. The van der Waals surface area contributed by atoms with Gasteiger partial charge in [0.25, 0.3) is 0 Å². The number of nitrogens with zero attached hydrogens (tertiary/aromatic N) is 4. The Labute approximate surface area is 178 Å². The fraction of sp³-hybridized carbons (Fsp3) is 0.263. The molecule has 0 radical (unpaired) electrons. The van der Waals surface area contributed by atoms with Gasteiger partial charge in [-0.1, -0.05) is 11.6 Å². The maximum absolute atomic E-state index is 15.0. The Morgan fingerprint density at radius 1 is 1.43 bits per heavy atom. The Bertz CT molecular complexity index is 1310. The van der Waals surface area contributed by atoms with Gasteiger partial charge in [-0.15, -0.1) is 0 Å². The van der Waals surface area contributed by atoms with Gasteiger partial charge in [-0.25, -0.2) is 13.8 Å². The van der Waals surface area contributed by atoms with Crippen LogP contribution in [0.2, 0.25) is 5.02 Å². The van der Waals surface area contributed by atoms with Crippen LogP contribution >= 0.6 is 23.4 Å². The molecule has 1 aliphatic carbocycles. The van der Waals surface area contributed by atoms with Crippen LogP contribution in [0.4, 0.5) is 14.6 Å². The Kier molecular flexibility index (Phi) is 4.62. The molecule has 30 heavy (non-hydrogen) atoms. The van der Waals surface area contributed by atoms with E-state index in [1.165, 1.54) is 18.0 Å². The van der Waals surface area contributed by atoms with E-state index in [-0.39, 0.29) is 11.4 Å². The average molecular weight is 449 g/mol. The summed E-state index contributed by atoms with van der Waals surface area (Å²) in [4.78, 5) is 20.6. The molecule has 5 rings (SSSR count). The second-order valence-electron chi connectivity index (χ2n) is 7.08. The highest BCUT2D eigenvalue weighted by Gasteiger charge is 2.43. The molecule has 0 bridgehead atoms. The summed E-state index contributed by atoms with van der Waals surface area (Å²) in [5.41, 5.74) is 2.35. The van der Waals surface area contributed by atoms with Crippen molar-refractivity contribution in [3.8, 4) is 11.3 Å². The number of hydrogen-bond donors (Lipinski definition) is 2. The molecule has 11 heteroatoms. The largest absolute Gasteiger partial charge is 0.309 e. The third-order valence-corrected chi connectivity index (χ3v) is 6.01. The maximum Gasteiger partial charge on any atom is 0.231 e. The number of carbonyl (C=O) groups excluding carboxylic acids is 1. The van der Waals surface area contributed by atoms with Crippen molar-refractivity contribution in [2.24, 2.45) is 5.92 Å². The molecule has 1 saturated carbocycles.